The molecule has 0 saturated heterocycles. The summed E-state index contributed by atoms with van der Waals surface area (Å²) in [5.74, 6) is -0.297. The van der Waals surface area contributed by atoms with Crippen LogP contribution in [0.2, 0.25) is 0 Å². The molecule has 0 atom stereocenters. The molecule has 120 valence electrons. The van der Waals surface area contributed by atoms with E-state index in [1.54, 1.807) is 0 Å². The molecule has 0 aliphatic heterocycles. The van der Waals surface area contributed by atoms with Crippen molar-refractivity contribution in [3.63, 3.8) is 0 Å². The predicted molar refractivity (Wildman–Crippen MR) is 84.7 cm³/mol. The highest BCUT2D eigenvalue weighted by molar-refractivity contribution is 5.99. The normalized spacial score (nSPS) is 10.4. The summed E-state index contributed by atoms with van der Waals surface area (Å²) in [7, 11) is 5.32. The Hall–Kier alpha value is -1.89. The van der Waals surface area contributed by atoms with E-state index in [9.17, 15) is 4.79 Å². The van der Waals surface area contributed by atoms with Crippen molar-refractivity contribution in [1.29, 1.82) is 0 Å². The SMILES string of the molecule is COC(=O)c1c(Cc2ccc[n+](C)c2)c2ccccc2n1C.[I-]. The molecule has 0 aliphatic carbocycles. The molecular formula is C18H19IN2O2. The molecule has 0 bridgehead atoms. The van der Waals surface area contributed by atoms with Gasteiger partial charge in [-0.15, -0.1) is 0 Å². The van der Waals surface area contributed by atoms with E-state index in [2.05, 4.69) is 18.3 Å². The summed E-state index contributed by atoms with van der Waals surface area (Å²) in [6.07, 6.45) is 4.76. The van der Waals surface area contributed by atoms with Gasteiger partial charge in [-0.1, -0.05) is 18.2 Å². The molecule has 4 nitrogen and oxygen atoms in total. The third-order valence-electron chi connectivity index (χ3n) is 3.97. The summed E-state index contributed by atoms with van der Waals surface area (Å²) in [5, 5.41) is 1.09. The van der Waals surface area contributed by atoms with Crippen LogP contribution in [-0.2, 0) is 25.3 Å². The summed E-state index contributed by atoms with van der Waals surface area (Å²) in [4.78, 5) is 12.2. The number of nitrogens with zero attached hydrogens (tertiary/aromatic N) is 2. The summed E-state index contributed by atoms with van der Waals surface area (Å²) in [6.45, 7) is 0. The third-order valence-corrected chi connectivity index (χ3v) is 3.97. The zero-order valence-corrected chi connectivity index (χ0v) is 15.6. The number of hydrogen-bond acceptors (Lipinski definition) is 2. The Balaban J connectivity index is 0.00000192. The fraction of sp³-hybridized carbons (Fsp3) is 0.222. The van der Waals surface area contributed by atoms with E-state index >= 15 is 0 Å². The van der Waals surface area contributed by atoms with Crippen LogP contribution in [0.5, 0.6) is 0 Å². The van der Waals surface area contributed by atoms with E-state index in [0.29, 0.717) is 12.1 Å². The Bertz CT molecular complexity index is 855. The Labute approximate surface area is 152 Å². The van der Waals surface area contributed by atoms with E-state index < -0.39 is 0 Å². The fourth-order valence-corrected chi connectivity index (χ4v) is 2.97. The second-order valence-electron chi connectivity index (χ2n) is 5.45. The minimum absolute atomic E-state index is 0. The average molecular weight is 422 g/mol. The van der Waals surface area contributed by atoms with Crippen LogP contribution in [0.4, 0.5) is 0 Å². The van der Waals surface area contributed by atoms with Gasteiger partial charge in [-0.05, 0) is 17.7 Å². The first-order chi connectivity index (χ1) is 10.6. The van der Waals surface area contributed by atoms with Gasteiger partial charge in [0, 0.05) is 36.0 Å². The monoisotopic (exact) mass is 422 g/mol. The van der Waals surface area contributed by atoms with Gasteiger partial charge in [-0.2, -0.15) is 0 Å². The highest BCUT2D eigenvalue weighted by Gasteiger charge is 2.21. The van der Waals surface area contributed by atoms with E-state index in [1.165, 1.54) is 7.11 Å². The summed E-state index contributed by atoms with van der Waals surface area (Å²) < 4.78 is 8.91. The number of halogens is 1. The van der Waals surface area contributed by atoms with Gasteiger partial charge >= 0.3 is 5.97 Å². The second kappa shape index (κ2) is 7.12. The molecule has 0 radical (unpaired) electrons. The maximum absolute atomic E-state index is 12.2. The van der Waals surface area contributed by atoms with Crippen LogP contribution in [0.3, 0.4) is 0 Å². The van der Waals surface area contributed by atoms with Crippen molar-refractivity contribution in [1.82, 2.24) is 4.57 Å². The molecule has 3 rings (SSSR count). The van der Waals surface area contributed by atoms with Crippen LogP contribution >= 0.6 is 0 Å². The zero-order valence-electron chi connectivity index (χ0n) is 13.4. The topological polar surface area (TPSA) is 35.1 Å². The third kappa shape index (κ3) is 3.24. The van der Waals surface area contributed by atoms with Gasteiger partial charge in [-0.3, -0.25) is 0 Å². The molecule has 5 heteroatoms. The maximum atomic E-state index is 12.2. The Morgan fingerprint density at radius 3 is 2.65 bits per heavy atom. The van der Waals surface area contributed by atoms with E-state index in [4.69, 9.17) is 4.74 Å². The van der Waals surface area contributed by atoms with E-state index in [1.807, 2.05) is 53.7 Å². The van der Waals surface area contributed by atoms with Crippen LogP contribution in [0.15, 0.2) is 48.8 Å². The number of methoxy groups -OCH3 is 1. The first-order valence-electron chi connectivity index (χ1n) is 7.20. The summed E-state index contributed by atoms with van der Waals surface area (Å²) >= 11 is 0. The van der Waals surface area contributed by atoms with Crippen LogP contribution < -0.4 is 28.5 Å². The maximum Gasteiger partial charge on any atom is 0.354 e. The minimum Gasteiger partial charge on any atom is -1.00 e. The highest BCUT2D eigenvalue weighted by Crippen LogP contribution is 2.27. The molecule has 0 N–H and O–H groups in total. The minimum atomic E-state index is -0.297. The number of aromatic nitrogens is 2. The van der Waals surface area contributed by atoms with Gasteiger partial charge in [0.15, 0.2) is 12.4 Å². The molecule has 2 heterocycles. The van der Waals surface area contributed by atoms with Gasteiger partial charge < -0.3 is 33.3 Å². The van der Waals surface area contributed by atoms with Gasteiger partial charge in [-0.25, -0.2) is 9.36 Å². The smallest absolute Gasteiger partial charge is 0.354 e. The Morgan fingerprint density at radius 2 is 1.96 bits per heavy atom. The lowest BCUT2D eigenvalue weighted by molar-refractivity contribution is -0.671. The van der Waals surface area contributed by atoms with Crippen LogP contribution in [0, 0.1) is 0 Å². The number of hydrogen-bond donors (Lipinski definition) is 0. The van der Waals surface area contributed by atoms with Gasteiger partial charge in [0.05, 0.1) is 7.11 Å². The predicted octanol–water partition coefficient (Wildman–Crippen LogP) is -0.616. The lowest BCUT2D eigenvalue weighted by Crippen LogP contribution is -3.00. The summed E-state index contributed by atoms with van der Waals surface area (Å²) in [6, 6.07) is 12.1. The first kappa shape index (κ1) is 17.5. The number of carbonyl (C=O) groups excluding carboxylic acids is 1. The van der Waals surface area contributed by atoms with Crippen molar-refractivity contribution >= 4 is 16.9 Å². The van der Waals surface area contributed by atoms with Crippen LogP contribution in [0.1, 0.15) is 21.6 Å². The van der Waals surface area contributed by atoms with Crippen molar-refractivity contribution in [2.75, 3.05) is 7.11 Å². The molecule has 2 aromatic heterocycles. The number of para-hydroxylation sites is 1. The van der Waals surface area contributed by atoms with Crippen LogP contribution in [0.25, 0.3) is 10.9 Å². The van der Waals surface area contributed by atoms with E-state index in [-0.39, 0.29) is 29.9 Å². The zero-order chi connectivity index (χ0) is 15.7. The highest BCUT2D eigenvalue weighted by atomic mass is 127. The molecule has 0 amide bonds. The summed E-state index contributed by atoms with van der Waals surface area (Å²) in [5.41, 5.74) is 3.83. The number of carbonyl (C=O) groups is 1. The Kier molecular flexibility index (Phi) is 5.41. The number of esters is 1. The average Bonchev–Trinajstić information content (AvgIpc) is 2.80. The second-order valence-corrected chi connectivity index (χ2v) is 5.45. The molecule has 0 unspecified atom stereocenters. The fourth-order valence-electron chi connectivity index (χ4n) is 2.97. The van der Waals surface area contributed by atoms with E-state index in [0.717, 1.165) is 22.0 Å². The van der Waals surface area contributed by atoms with Gasteiger partial charge in [0.1, 0.15) is 12.7 Å². The van der Waals surface area contributed by atoms with Crippen LogP contribution in [-0.4, -0.2) is 17.6 Å². The number of fused-ring (bicyclic) bond motifs is 1. The number of aryl methyl sites for hydroxylation is 2. The van der Waals surface area contributed by atoms with Crippen molar-refractivity contribution in [3.05, 3.63) is 65.6 Å². The standard InChI is InChI=1S/C18H19N2O2.HI/c1-19-10-6-7-13(12-19)11-15-14-8-4-5-9-16(14)20(2)17(15)18(21)22-3;/h4-10,12H,11H2,1-3H3;1H/q+1;/p-1. The lowest BCUT2D eigenvalue weighted by Gasteiger charge is -2.05. The molecular weight excluding hydrogens is 403 g/mol. The van der Waals surface area contributed by atoms with Gasteiger partial charge in [0.25, 0.3) is 0 Å². The number of rotatable bonds is 3. The number of ether oxygens (including phenoxy) is 1. The number of benzene rings is 1. The lowest BCUT2D eigenvalue weighted by atomic mass is 10.0. The van der Waals surface area contributed by atoms with Crippen molar-refractivity contribution in [2.24, 2.45) is 14.1 Å². The molecule has 0 saturated carbocycles. The molecule has 1 aromatic carbocycles. The molecule has 3 aromatic rings. The van der Waals surface area contributed by atoms with Crippen molar-refractivity contribution < 1.29 is 38.1 Å². The molecule has 0 aliphatic rings. The largest absolute Gasteiger partial charge is 1.00 e. The van der Waals surface area contributed by atoms with Gasteiger partial charge in [0.2, 0.25) is 0 Å². The molecule has 0 spiro atoms. The molecule has 0 fully saturated rings. The quantitative estimate of drug-likeness (QED) is 0.321. The number of pyridine rings is 1. The Morgan fingerprint density at radius 1 is 1.22 bits per heavy atom. The van der Waals surface area contributed by atoms with Crippen molar-refractivity contribution in [2.45, 2.75) is 6.42 Å². The van der Waals surface area contributed by atoms with Crippen molar-refractivity contribution in [3.8, 4) is 0 Å². The first-order valence-corrected chi connectivity index (χ1v) is 7.20. The molecule has 23 heavy (non-hydrogen) atoms.